The van der Waals surface area contributed by atoms with Gasteiger partial charge in [0.2, 0.25) is 0 Å². The summed E-state index contributed by atoms with van der Waals surface area (Å²) < 4.78 is 2.00. The monoisotopic (exact) mass is 254 g/mol. The van der Waals surface area contributed by atoms with Crippen molar-refractivity contribution in [1.82, 2.24) is 0 Å². The Morgan fingerprint density at radius 3 is 1.68 bits per heavy atom. The lowest BCUT2D eigenvalue weighted by atomic mass is 10.1. The zero-order chi connectivity index (χ0) is 14.1. The summed E-state index contributed by atoms with van der Waals surface area (Å²) in [5.41, 5.74) is 2.94. The molecule has 2 nitrogen and oxygen atoms in total. The maximum Gasteiger partial charge on any atom is 0.169 e. The van der Waals surface area contributed by atoms with E-state index in [1.54, 1.807) is 0 Å². The topological polar surface area (TPSA) is 20.9 Å². The molecule has 0 N–H and O–H groups in total. The Kier molecular flexibility index (Phi) is 6.23. The van der Waals surface area contributed by atoms with Crippen molar-refractivity contribution >= 4 is 18.4 Å². The summed E-state index contributed by atoms with van der Waals surface area (Å²) in [6, 6.07) is 11.6. The van der Waals surface area contributed by atoms with Crippen molar-refractivity contribution in [3.05, 3.63) is 65.5 Å². The van der Waals surface area contributed by atoms with Gasteiger partial charge in [-0.05, 0) is 11.1 Å². The van der Waals surface area contributed by atoms with Gasteiger partial charge in [0.25, 0.3) is 0 Å². The molecule has 2 heteroatoms. The van der Waals surface area contributed by atoms with Crippen LogP contribution in [0.25, 0.3) is 12.2 Å². The molecule has 0 spiro atoms. The fourth-order valence-electron chi connectivity index (χ4n) is 1.50. The van der Waals surface area contributed by atoms with Crippen molar-refractivity contribution in [3.63, 3.8) is 0 Å². The Labute approximate surface area is 115 Å². The summed E-state index contributed by atoms with van der Waals surface area (Å²) in [7, 11) is 1.99. The molecule has 19 heavy (non-hydrogen) atoms. The lowest BCUT2D eigenvalue weighted by Gasteiger charge is -1.94. The van der Waals surface area contributed by atoms with Gasteiger partial charge in [-0.1, -0.05) is 50.3 Å². The second-order valence-electron chi connectivity index (χ2n) is 3.91. The molecule has 1 heterocycles. The molecule has 0 saturated carbocycles. The maximum atomic E-state index is 10.5. The normalized spacial score (nSPS) is 9.84. The van der Waals surface area contributed by atoms with Crippen LogP contribution in [-0.2, 0) is 7.05 Å². The van der Waals surface area contributed by atoms with E-state index in [2.05, 4.69) is 18.2 Å². The van der Waals surface area contributed by atoms with Gasteiger partial charge < -0.3 is 0 Å². The highest BCUT2D eigenvalue weighted by Gasteiger charge is 1.92. The molecule has 0 aliphatic heterocycles. The first kappa shape index (κ1) is 14.8. The van der Waals surface area contributed by atoms with Gasteiger partial charge in [-0.2, -0.15) is 0 Å². The molecule has 0 unspecified atom stereocenters. The van der Waals surface area contributed by atoms with Crippen molar-refractivity contribution in [2.45, 2.75) is 13.8 Å². The number of hydrogen-bond donors (Lipinski definition) is 0. The smallest absolute Gasteiger partial charge is 0.169 e. The second-order valence-corrected chi connectivity index (χ2v) is 3.91. The molecular formula is C17H20NO+. The van der Waals surface area contributed by atoms with E-state index in [-0.39, 0.29) is 0 Å². The third kappa shape index (κ3) is 4.88. The molecule has 2 rings (SSSR count). The zero-order valence-corrected chi connectivity index (χ0v) is 11.7. The molecule has 0 saturated heterocycles. The maximum absolute atomic E-state index is 10.5. The molecule has 0 fully saturated rings. The SMILES string of the molecule is CC.C[n+]1ccc(/C=C/c2ccc(C=O)cc2)cc1. The van der Waals surface area contributed by atoms with Crippen LogP contribution in [0.5, 0.6) is 0 Å². The van der Waals surface area contributed by atoms with E-state index in [1.165, 1.54) is 0 Å². The average Bonchev–Trinajstić information content (AvgIpc) is 2.49. The lowest BCUT2D eigenvalue weighted by molar-refractivity contribution is -0.671. The lowest BCUT2D eigenvalue weighted by Crippen LogP contribution is -2.25. The molecule has 1 aromatic heterocycles. The number of carbonyl (C=O) groups excluding carboxylic acids is 1. The first-order valence-corrected chi connectivity index (χ1v) is 6.46. The molecule has 0 bridgehead atoms. The van der Waals surface area contributed by atoms with Gasteiger partial charge in [0.1, 0.15) is 13.3 Å². The van der Waals surface area contributed by atoms with Gasteiger partial charge in [0, 0.05) is 17.7 Å². The van der Waals surface area contributed by atoms with Gasteiger partial charge in [-0.15, -0.1) is 0 Å². The van der Waals surface area contributed by atoms with E-state index < -0.39 is 0 Å². The minimum atomic E-state index is 0.703. The molecule has 0 aliphatic carbocycles. The molecule has 0 amide bonds. The number of aryl methyl sites for hydroxylation is 1. The quantitative estimate of drug-likeness (QED) is 0.606. The van der Waals surface area contributed by atoms with Gasteiger partial charge in [0.15, 0.2) is 12.4 Å². The van der Waals surface area contributed by atoms with Crippen LogP contribution in [0.3, 0.4) is 0 Å². The van der Waals surface area contributed by atoms with E-state index in [1.807, 2.05) is 68.2 Å². The highest BCUT2D eigenvalue weighted by molar-refractivity contribution is 5.76. The Morgan fingerprint density at radius 1 is 0.789 bits per heavy atom. The van der Waals surface area contributed by atoms with Crippen molar-refractivity contribution in [1.29, 1.82) is 0 Å². The molecule has 0 radical (unpaired) electrons. The molecule has 98 valence electrons. The number of rotatable bonds is 3. The van der Waals surface area contributed by atoms with Gasteiger partial charge >= 0.3 is 0 Å². The van der Waals surface area contributed by atoms with Crippen molar-refractivity contribution in [2.75, 3.05) is 0 Å². The highest BCUT2D eigenvalue weighted by Crippen LogP contribution is 2.08. The van der Waals surface area contributed by atoms with Crippen LogP contribution in [0.1, 0.15) is 35.3 Å². The first-order valence-electron chi connectivity index (χ1n) is 6.46. The van der Waals surface area contributed by atoms with Crippen LogP contribution < -0.4 is 4.57 Å². The third-order valence-electron chi connectivity index (χ3n) is 2.55. The predicted molar refractivity (Wildman–Crippen MR) is 79.7 cm³/mol. The first-order chi connectivity index (χ1) is 9.28. The highest BCUT2D eigenvalue weighted by atomic mass is 16.1. The van der Waals surface area contributed by atoms with Crippen LogP contribution in [-0.4, -0.2) is 6.29 Å². The van der Waals surface area contributed by atoms with Gasteiger partial charge in [-0.3, -0.25) is 4.79 Å². The van der Waals surface area contributed by atoms with Gasteiger partial charge in [0.05, 0.1) is 0 Å². The van der Waals surface area contributed by atoms with E-state index >= 15 is 0 Å². The van der Waals surface area contributed by atoms with E-state index in [9.17, 15) is 4.79 Å². The van der Waals surface area contributed by atoms with Crippen LogP contribution in [0, 0.1) is 0 Å². The Bertz CT molecular complexity index is 524. The number of carbonyl (C=O) groups is 1. The van der Waals surface area contributed by atoms with Crippen molar-refractivity contribution in [3.8, 4) is 0 Å². The standard InChI is InChI=1S/C15H14NO.C2H6/c1-16-10-8-14(9-11-16)3-2-13-4-6-15(12-17)7-5-13;1-2/h2-12H,1H3;1-2H3/q+1;/b3-2+;. The number of pyridine rings is 1. The minimum absolute atomic E-state index is 0.703. The molecule has 2 aromatic rings. The predicted octanol–water partition coefficient (Wildman–Crippen LogP) is 3.52. The fourth-order valence-corrected chi connectivity index (χ4v) is 1.50. The Balaban J connectivity index is 0.000000861. The molecule has 0 aliphatic rings. The summed E-state index contributed by atoms with van der Waals surface area (Å²) in [6.07, 6.45) is 8.95. The number of nitrogens with zero attached hydrogens (tertiary/aromatic N) is 1. The van der Waals surface area contributed by atoms with Crippen LogP contribution in [0.4, 0.5) is 0 Å². The van der Waals surface area contributed by atoms with E-state index in [0.29, 0.717) is 5.56 Å². The Morgan fingerprint density at radius 2 is 1.21 bits per heavy atom. The molecule has 0 atom stereocenters. The van der Waals surface area contributed by atoms with Crippen LogP contribution in [0.15, 0.2) is 48.8 Å². The summed E-state index contributed by atoms with van der Waals surface area (Å²) in [6.45, 7) is 4.00. The fraction of sp³-hybridized carbons (Fsp3) is 0.176. The molecular weight excluding hydrogens is 234 g/mol. The largest absolute Gasteiger partial charge is 0.298 e. The Hall–Kier alpha value is -2.22. The molecule has 1 aromatic carbocycles. The summed E-state index contributed by atoms with van der Waals surface area (Å²) >= 11 is 0. The summed E-state index contributed by atoms with van der Waals surface area (Å²) in [5, 5.41) is 0. The van der Waals surface area contributed by atoms with E-state index in [0.717, 1.165) is 17.4 Å². The average molecular weight is 254 g/mol. The summed E-state index contributed by atoms with van der Waals surface area (Å²) in [4.78, 5) is 10.5. The second kappa shape index (κ2) is 7.98. The van der Waals surface area contributed by atoms with Gasteiger partial charge in [-0.25, -0.2) is 4.57 Å². The summed E-state index contributed by atoms with van der Waals surface area (Å²) in [5.74, 6) is 0. The minimum Gasteiger partial charge on any atom is -0.298 e. The van der Waals surface area contributed by atoms with Crippen molar-refractivity contribution in [2.24, 2.45) is 7.05 Å². The number of benzene rings is 1. The third-order valence-corrected chi connectivity index (χ3v) is 2.55. The zero-order valence-electron chi connectivity index (χ0n) is 11.7. The number of aldehydes is 1. The number of hydrogen-bond acceptors (Lipinski definition) is 1. The van der Waals surface area contributed by atoms with E-state index in [4.69, 9.17) is 0 Å². The van der Waals surface area contributed by atoms with Crippen molar-refractivity contribution < 1.29 is 9.36 Å². The van der Waals surface area contributed by atoms with Crippen LogP contribution >= 0.6 is 0 Å². The van der Waals surface area contributed by atoms with Crippen LogP contribution in [0.2, 0.25) is 0 Å². The number of aromatic nitrogens is 1.